The van der Waals surface area contributed by atoms with Gasteiger partial charge < -0.3 is 0 Å². The van der Waals surface area contributed by atoms with Crippen molar-refractivity contribution < 1.29 is 19.2 Å². The summed E-state index contributed by atoms with van der Waals surface area (Å²) >= 11 is 0. The standard InChI is InChI=1S/C19H18N2O4/c1-5-13-8-14(20-16(22)6-10(2)18(20)24)9-15(12(13)4)21-17(23)7-11(3)19(21)25/h6-9H,5H2,1-4H3. The van der Waals surface area contributed by atoms with Crippen LogP contribution in [0.3, 0.4) is 0 Å². The van der Waals surface area contributed by atoms with E-state index in [0.717, 1.165) is 20.9 Å². The molecule has 1 aromatic rings. The van der Waals surface area contributed by atoms with Gasteiger partial charge in [0, 0.05) is 23.3 Å². The Balaban J connectivity index is 2.15. The highest BCUT2D eigenvalue weighted by Crippen LogP contribution is 2.34. The fourth-order valence-corrected chi connectivity index (χ4v) is 3.12. The molecule has 0 radical (unpaired) electrons. The molecule has 0 saturated heterocycles. The summed E-state index contributed by atoms with van der Waals surface area (Å²) < 4.78 is 0. The van der Waals surface area contributed by atoms with Gasteiger partial charge in [0.15, 0.2) is 0 Å². The summed E-state index contributed by atoms with van der Waals surface area (Å²) in [6.45, 7) is 6.92. The third-order valence-electron chi connectivity index (χ3n) is 4.55. The smallest absolute Gasteiger partial charge is 0.261 e. The minimum atomic E-state index is -0.423. The van der Waals surface area contributed by atoms with Crippen molar-refractivity contribution in [1.82, 2.24) is 0 Å². The number of carbonyl (C=O) groups is 4. The van der Waals surface area contributed by atoms with Crippen LogP contribution in [0.25, 0.3) is 0 Å². The molecule has 4 amide bonds. The largest absolute Gasteiger partial charge is 0.269 e. The summed E-state index contributed by atoms with van der Waals surface area (Å²) in [4.78, 5) is 51.2. The first kappa shape index (κ1) is 16.8. The van der Waals surface area contributed by atoms with Crippen LogP contribution in [-0.4, -0.2) is 23.6 Å². The van der Waals surface area contributed by atoms with E-state index < -0.39 is 17.7 Å². The molecule has 3 rings (SSSR count). The van der Waals surface area contributed by atoms with E-state index in [1.165, 1.54) is 12.2 Å². The maximum absolute atomic E-state index is 12.4. The molecule has 0 bridgehead atoms. The Kier molecular flexibility index (Phi) is 3.91. The van der Waals surface area contributed by atoms with E-state index in [4.69, 9.17) is 0 Å². The first-order chi connectivity index (χ1) is 11.8. The van der Waals surface area contributed by atoms with Crippen molar-refractivity contribution in [2.45, 2.75) is 34.1 Å². The zero-order valence-corrected chi connectivity index (χ0v) is 14.5. The fraction of sp³-hybridized carbons (Fsp3) is 0.263. The van der Waals surface area contributed by atoms with Gasteiger partial charge in [0.2, 0.25) is 0 Å². The van der Waals surface area contributed by atoms with E-state index in [1.807, 2.05) is 13.8 Å². The molecule has 0 atom stereocenters. The van der Waals surface area contributed by atoms with Gasteiger partial charge in [-0.25, -0.2) is 9.80 Å². The highest BCUT2D eigenvalue weighted by Gasteiger charge is 2.34. The van der Waals surface area contributed by atoms with Crippen LogP contribution in [0.4, 0.5) is 11.4 Å². The number of benzene rings is 1. The van der Waals surface area contributed by atoms with E-state index in [0.29, 0.717) is 28.9 Å². The second-order valence-corrected chi connectivity index (χ2v) is 6.21. The normalized spacial score (nSPS) is 17.6. The predicted octanol–water partition coefficient (Wildman–Crippen LogP) is 2.20. The number of hydrogen-bond donors (Lipinski definition) is 0. The fourth-order valence-electron chi connectivity index (χ4n) is 3.12. The van der Waals surface area contributed by atoms with Crippen LogP contribution in [0.2, 0.25) is 0 Å². The van der Waals surface area contributed by atoms with Crippen molar-refractivity contribution in [3.05, 3.63) is 46.6 Å². The molecule has 1 aromatic carbocycles. The molecular formula is C19H18N2O4. The molecular weight excluding hydrogens is 320 g/mol. The highest BCUT2D eigenvalue weighted by molar-refractivity contribution is 6.32. The average Bonchev–Trinajstić information content (AvgIpc) is 2.95. The highest BCUT2D eigenvalue weighted by atomic mass is 16.2. The molecule has 0 spiro atoms. The first-order valence-electron chi connectivity index (χ1n) is 8.03. The van der Waals surface area contributed by atoms with Crippen molar-refractivity contribution in [3.63, 3.8) is 0 Å². The second-order valence-electron chi connectivity index (χ2n) is 6.21. The number of rotatable bonds is 3. The minimum Gasteiger partial charge on any atom is -0.269 e. The van der Waals surface area contributed by atoms with Crippen LogP contribution in [0.5, 0.6) is 0 Å². The molecule has 2 aliphatic heterocycles. The Morgan fingerprint density at radius 3 is 1.76 bits per heavy atom. The number of nitrogens with zero attached hydrogens (tertiary/aromatic N) is 2. The van der Waals surface area contributed by atoms with Gasteiger partial charge >= 0.3 is 0 Å². The maximum atomic E-state index is 12.4. The quantitative estimate of drug-likeness (QED) is 0.792. The van der Waals surface area contributed by atoms with Crippen molar-refractivity contribution >= 4 is 35.0 Å². The summed E-state index contributed by atoms with van der Waals surface area (Å²) in [7, 11) is 0. The zero-order valence-electron chi connectivity index (χ0n) is 14.5. The third kappa shape index (κ3) is 2.50. The third-order valence-corrected chi connectivity index (χ3v) is 4.55. The minimum absolute atomic E-state index is 0.357. The lowest BCUT2D eigenvalue weighted by molar-refractivity contribution is -0.121. The number of amides is 4. The molecule has 2 heterocycles. The van der Waals surface area contributed by atoms with E-state index in [9.17, 15) is 19.2 Å². The Bertz CT molecular complexity index is 908. The molecule has 128 valence electrons. The van der Waals surface area contributed by atoms with Gasteiger partial charge in [-0.1, -0.05) is 6.92 Å². The summed E-state index contributed by atoms with van der Waals surface area (Å²) in [5, 5.41) is 0. The molecule has 0 aromatic heterocycles. The van der Waals surface area contributed by atoms with E-state index in [1.54, 1.807) is 26.0 Å². The SMILES string of the molecule is CCc1cc(N2C(=O)C=C(C)C2=O)cc(N2C(=O)C=C(C)C2=O)c1C. The number of anilines is 2. The molecule has 0 saturated carbocycles. The van der Waals surface area contributed by atoms with Gasteiger partial charge in [-0.05, 0) is 50.5 Å². The van der Waals surface area contributed by atoms with Crippen LogP contribution < -0.4 is 9.80 Å². The number of aryl methyl sites for hydroxylation is 1. The van der Waals surface area contributed by atoms with Crippen molar-refractivity contribution in [1.29, 1.82) is 0 Å². The molecule has 6 nitrogen and oxygen atoms in total. The van der Waals surface area contributed by atoms with Crippen molar-refractivity contribution in [2.24, 2.45) is 0 Å². The van der Waals surface area contributed by atoms with Gasteiger partial charge in [0.1, 0.15) is 0 Å². The van der Waals surface area contributed by atoms with Gasteiger partial charge in [0.25, 0.3) is 23.6 Å². The van der Waals surface area contributed by atoms with Crippen LogP contribution in [0, 0.1) is 6.92 Å². The summed E-state index contributed by atoms with van der Waals surface area (Å²) in [5.74, 6) is -1.62. The van der Waals surface area contributed by atoms with E-state index >= 15 is 0 Å². The van der Waals surface area contributed by atoms with E-state index in [2.05, 4.69) is 0 Å². The molecule has 2 aliphatic rings. The Morgan fingerprint density at radius 2 is 1.32 bits per heavy atom. The Morgan fingerprint density at radius 1 is 0.800 bits per heavy atom. The van der Waals surface area contributed by atoms with Crippen LogP contribution in [0.15, 0.2) is 35.4 Å². The number of imide groups is 2. The topological polar surface area (TPSA) is 74.8 Å². The van der Waals surface area contributed by atoms with Gasteiger partial charge in [0.05, 0.1) is 11.4 Å². The lowest BCUT2D eigenvalue weighted by Gasteiger charge is -2.23. The van der Waals surface area contributed by atoms with Crippen LogP contribution >= 0.6 is 0 Å². The summed E-state index contributed by atoms with van der Waals surface area (Å²) in [6, 6.07) is 3.31. The average molecular weight is 338 g/mol. The Hall–Kier alpha value is -3.02. The van der Waals surface area contributed by atoms with Gasteiger partial charge in [-0.2, -0.15) is 0 Å². The molecule has 0 unspecified atom stereocenters. The lowest BCUT2D eigenvalue weighted by Crippen LogP contribution is -2.33. The molecule has 25 heavy (non-hydrogen) atoms. The van der Waals surface area contributed by atoms with Crippen molar-refractivity contribution in [2.75, 3.05) is 9.80 Å². The summed E-state index contributed by atoms with van der Waals surface area (Å²) in [5.41, 5.74) is 3.13. The van der Waals surface area contributed by atoms with Crippen LogP contribution in [-0.2, 0) is 25.6 Å². The molecule has 0 N–H and O–H groups in total. The molecule has 6 heteroatoms. The predicted molar refractivity (Wildman–Crippen MR) is 93.1 cm³/mol. The first-order valence-corrected chi connectivity index (χ1v) is 8.03. The number of carbonyl (C=O) groups excluding carboxylic acids is 4. The Labute approximate surface area is 145 Å². The monoisotopic (exact) mass is 338 g/mol. The molecule has 0 aliphatic carbocycles. The molecule has 0 fully saturated rings. The maximum Gasteiger partial charge on any atom is 0.261 e. The number of hydrogen-bond acceptors (Lipinski definition) is 4. The van der Waals surface area contributed by atoms with Crippen LogP contribution in [0.1, 0.15) is 31.9 Å². The second kappa shape index (κ2) is 5.81. The lowest BCUT2D eigenvalue weighted by atomic mass is 10.0. The van der Waals surface area contributed by atoms with Crippen molar-refractivity contribution in [3.8, 4) is 0 Å². The van der Waals surface area contributed by atoms with Gasteiger partial charge in [-0.3, -0.25) is 19.2 Å². The summed E-state index contributed by atoms with van der Waals surface area (Å²) in [6.07, 6.45) is 3.21. The zero-order chi connectivity index (χ0) is 18.5. The van der Waals surface area contributed by atoms with Gasteiger partial charge in [-0.15, -0.1) is 0 Å². The van der Waals surface area contributed by atoms with E-state index in [-0.39, 0.29) is 5.91 Å².